The van der Waals surface area contributed by atoms with Crippen molar-refractivity contribution in [3.8, 4) is 12.1 Å². The number of carbonyl (C=O) groups is 1. The lowest BCUT2D eigenvalue weighted by Crippen LogP contribution is -2.12. The van der Waals surface area contributed by atoms with E-state index in [0.29, 0.717) is 0 Å². The molecule has 3 nitrogen and oxygen atoms in total. The van der Waals surface area contributed by atoms with Crippen LogP contribution in [0.3, 0.4) is 0 Å². The first-order valence-electron chi connectivity index (χ1n) is 4.11. The Morgan fingerprint density at radius 2 is 1.47 bits per heavy atom. The van der Waals surface area contributed by atoms with Crippen molar-refractivity contribution >= 4 is 5.78 Å². The molecule has 17 heavy (non-hydrogen) atoms. The molecule has 1 rings (SSSR count). The number of nitrogens with zero attached hydrogens (tertiary/aromatic N) is 2. The van der Waals surface area contributed by atoms with Crippen molar-refractivity contribution in [2.24, 2.45) is 0 Å². The zero-order valence-electron chi connectivity index (χ0n) is 8.02. The third-order valence-corrected chi connectivity index (χ3v) is 1.89. The lowest BCUT2D eigenvalue weighted by atomic mass is 10.0. The van der Waals surface area contributed by atoms with Gasteiger partial charge in [0.05, 0.1) is 18.1 Å². The van der Waals surface area contributed by atoms with Gasteiger partial charge in [-0.1, -0.05) is 0 Å². The Balaban J connectivity index is 3.62. The van der Waals surface area contributed by atoms with Crippen LogP contribution in [0.4, 0.5) is 17.6 Å². The van der Waals surface area contributed by atoms with Gasteiger partial charge in [0, 0.05) is 0 Å². The fraction of sp³-hybridized carbons (Fsp3) is 0.100. The van der Waals surface area contributed by atoms with Crippen LogP contribution < -0.4 is 0 Å². The number of carbonyl (C=O) groups excluding carboxylic acids is 1. The predicted molar refractivity (Wildman–Crippen MR) is 45.5 cm³/mol. The Morgan fingerprint density at radius 1 is 1.00 bits per heavy atom. The van der Waals surface area contributed by atoms with Gasteiger partial charge in [0.2, 0.25) is 0 Å². The third kappa shape index (κ3) is 1.95. The quantitative estimate of drug-likeness (QED) is 0.453. The summed E-state index contributed by atoms with van der Waals surface area (Å²) >= 11 is 0. The SMILES string of the molecule is N#CCC(=O)c1c(F)c(F)c(C#N)c(F)c1F. The van der Waals surface area contributed by atoms with Crippen molar-refractivity contribution in [3.63, 3.8) is 0 Å². The van der Waals surface area contributed by atoms with E-state index < -0.39 is 46.6 Å². The molecule has 1 aromatic carbocycles. The van der Waals surface area contributed by atoms with Crippen LogP contribution in [0, 0.1) is 45.9 Å². The maximum absolute atomic E-state index is 13.2. The molecule has 7 heteroatoms. The first kappa shape index (κ1) is 12.7. The Kier molecular flexibility index (Phi) is 3.44. The molecule has 0 aromatic heterocycles. The first-order chi connectivity index (χ1) is 7.95. The molecule has 0 unspecified atom stereocenters. The summed E-state index contributed by atoms with van der Waals surface area (Å²) in [6, 6.07) is 2.23. The largest absolute Gasteiger partial charge is 0.293 e. The van der Waals surface area contributed by atoms with Crippen molar-refractivity contribution < 1.29 is 22.4 Å². The van der Waals surface area contributed by atoms with Crippen LogP contribution in [0.1, 0.15) is 22.3 Å². The van der Waals surface area contributed by atoms with Gasteiger partial charge in [0.25, 0.3) is 0 Å². The van der Waals surface area contributed by atoms with Gasteiger partial charge in [-0.25, -0.2) is 17.6 Å². The van der Waals surface area contributed by atoms with Gasteiger partial charge in [-0.2, -0.15) is 10.5 Å². The Bertz CT molecular complexity index is 554. The second-order valence-electron chi connectivity index (χ2n) is 2.88. The number of Topliss-reactive ketones (excluding diaryl/α,β-unsaturated/α-hetero) is 1. The molecular formula is C10H2F4N2O. The minimum absolute atomic E-state index is 0.932. The molecule has 0 radical (unpaired) electrons. The fourth-order valence-corrected chi connectivity index (χ4v) is 1.13. The van der Waals surface area contributed by atoms with Crippen LogP contribution in [0.15, 0.2) is 0 Å². The normalized spacial score (nSPS) is 9.53. The molecule has 0 aliphatic rings. The van der Waals surface area contributed by atoms with Crippen molar-refractivity contribution in [3.05, 3.63) is 34.4 Å². The van der Waals surface area contributed by atoms with E-state index in [-0.39, 0.29) is 0 Å². The fourth-order valence-electron chi connectivity index (χ4n) is 1.13. The van der Waals surface area contributed by atoms with E-state index in [2.05, 4.69) is 0 Å². The van der Waals surface area contributed by atoms with Crippen LogP contribution in [0.5, 0.6) is 0 Å². The van der Waals surface area contributed by atoms with Crippen molar-refractivity contribution in [1.29, 1.82) is 10.5 Å². The van der Waals surface area contributed by atoms with E-state index >= 15 is 0 Å². The molecule has 86 valence electrons. The van der Waals surface area contributed by atoms with Crippen LogP contribution in [-0.4, -0.2) is 5.78 Å². The number of benzene rings is 1. The van der Waals surface area contributed by atoms with Crippen LogP contribution in [-0.2, 0) is 0 Å². The summed E-state index contributed by atoms with van der Waals surface area (Å²) in [6.07, 6.45) is -0.932. The minimum atomic E-state index is -1.97. The number of nitriles is 2. The van der Waals surface area contributed by atoms with Crippen molar-refractivity contribution in [1.82, 2.24) is 0 Å². The number of hydrogen-bond donors (Lipinski definition) is 0. The lowest BCUT2D eigenvalue weighted by Gasteiger charge is -2.05. The lowest BCUT2D eigenvalue weighted by molar-refractivity contribution is 0.0987. The molecule has 0 aliphatic heterocycles. The molecule has 0 saturated carbocycles. The molecular weight excluding hydrogens is 240 g/mol. The van der Waals surface area contributed by atoms with Gasteiger partial charge < -0.3 is 0 Å². The zero-order valence-corrected chi connectivity index (χ0v) is 8.02. The highest BCUT2D eigenvalue weighted by atomic mass is 19.2. The average Bonchev–Trinajstić information content (AvgIpc) is 2.28. The summed E-state index contributed by atoms with van der Waals surface area (Å²) < 4.78 is 52.5. The Hall–Kier alpha value is -2.41. The smallest absolute Gasteiger partial charge is 0.183 e. The van der Waals surface area contributed by atoms with Crippen LogP contribution in [0.2, 0.25) is 0 Å². The molecule has 0 heterocycles. The topological polar surface area (TPSA) is 64.7 Å². The molecule has 1 aromatic rings. The van der Waals surface area contributed by atoms with Crippen molar-refractivity contribution in [2.75, 3.05) is 0 Å². The Morgan fingerprint density at radius 3 is 1.82 bits per heavy atom. The summed E-state index contributed by atoms with van der Waals surface area (Å²) in [6.45, 7) is 0. The van der Waals surface area contributed by atoms with Crippen LogP contribution in [0.25, 0.3) is 0 Å². The molecule has 0 bridgehead atoms. The van der Waals surface area contributed by atoms with E-state index in [1.807, 2.05) is 0 Å². The second kappa shape index (κ2) is 4.62. The van der Waals surface area contributed by atoms with E-state index in [4.69, 9.17) is 10.5 Å². The minimum Gasteiger partial charge on any atom is -0.293 e. The van der Waals surface area contributed by atoms with Gasteiger partial charge >= 0.3 is 0 Å². The maximum atomic E-state index is 13.2. The highest BCUT2D eigenvalue weighted by molar-refractivity contribution is 5.98. The summed E-state index contributed by atoms with van der Waals surface area (Å²) in [5.74, 6) is -9.24. The van der Waals surface area contributed by atoms with E-state index in [0.717, 1.165) is 6.07 Å². The predicted octanol–water partition coefficient (Wildman–Crippen LogP) is 2.21. The summed E-state index contributed by atoms with van der Waals surface area (Å²) in [7, 11) is 0. The van der Waals surface area contributed by atoms with Gasteiger partial charge in [0.1, 0.15) is 11.6 Å². The number of halogens is 4. The van der Waals surface area contributed by atoms with Crippen molar-refractivity contribution in [2.45, 2.75) is 6.42 Å². The zero-order chi connectivity index (χ0) is 13.2. The van der Waals surface area contributed by atoms with Gasteiger partial charge in [-0.15, -0.1) is 0 Å². The highest BCUT2D eigenvalue weighted by Crippen LogP contribution is 2.24. The second-order valence-corrected chi connectivity index (χ2v) is 2.88. The summed E-state index contributed by atoms with van der Waals surface area (Å²) in [5.41, 5.74) is -2.94. The van der Waals surface area contributed by atoms with E-state index in [1.165, 1.54) is 6.07 Å². The summed E-state index contributed by atoms with van der Waals surface area (Å²) in [4.78, 5) is 11.1. The standard InChI is InChI=1S/C10H2F4N2O/c11-7-4(3-16)8(12)10(14)6(9(7)13)5(17)1-2-15/h1H2. The number of rotatable bonds is 2. The molecule has 0 atom stereocenters. The monoisotopic (exact) mass is 242 g/mol. The maximum Gasteiger partial charge on any atom is 0.183 e. The molecule has 0 spiro atoms. The molecule has 0 aliphatic carbocycles. The van der Waals surface area contributed by atoms with Gasteiger partial charge in [-0.3, -0.25) is 4.79 Å². The van der Waals surface area contributed by atoms with E-state index in [9.17, 15) is 22.4 Å². The first-order valence-corrected chi connectivity index (χ1v) is 4.11. The third-order valence-electron chi connectivity index (χ3n) is 1.89. The summed E-state index contributed by atoms with van der Waals surface area (Å²) in [5, 5.41) is 16.4. The average molecular weight is 242 g/mol. The molecule has 0 N–H and O–H groups in total. The Labute approximate surface area is 92.5 Å². The molecule has 0 amide bonds. The van der Waals surface area contributed by atoms with E-state index in [1.54, 1.807) is 0 Å². The van der Waals surface area contributed by atoms with Gasteiger partial charge in [-0.05, 0) is 0 Å². The number of hydrogen-bond acceptors (Lipinski definition) is 3. The van der Waals surface area contributed by atoms with Crippen LogP contribution >= 0.6 is 0 Å². The van der Waals surface area contributed by atoms with Gasteiger partial charge in [0.15, 0.2) is 29.1 Å². The molecule has 0 fully saturated rings. The molecule has 0 saturated heterocycles. The number of ketones is 1. The highest BCUT2D eigenvalue weighted by Gasteiger charge is 2.28.